The molecule has 0 heterocycles. The Bertz CT molecular complexity index is 286. The fourth-order valence-corrected chi connectivity index (χ4v) is 1.94. The molecule has 2 nitrogen and oxygen atoms in total. The van der Waals surface area contributed by atoms with Crippen LogP contribution in [0, 0.1) is 0 Å². The highest BCUT2D eigenvalue weighted by atomic mass is 32.2. The second-order valence-electron chi connectivity index (χ2n) is 2.91. The number of hydrogen-bond acceptors (Lipinski definition) is 3. The number of thioether (sulfide) groups is 1. The Balaban J connectivity index is 2.45. The molecule has 1 rings (SSSR count). The van der Waals surface area contributed by atoms with Crippen molar-refractivity contribution in [2.75, 3.05) is 12.4 Å². The second-order valence-corrected chi connectivity index (χ2v) is 3.93. The lowest BCUT2D eigenvalue weighted by molar-refractivity contribution is 0.756. The summed E-state index contributed by atoms with van der Waals surface area (Å²) in [5, 5.41) is 3.34. The highest BCUT2D eigenvalue weighted by molar-refractivity contribution is 7.99. The summed E-state index contributed by atoms with van der Waals surface area (Å²) in [7, 11) is 0. The highest BCUT2D eigenvalue weighted by Gasteiger charge is 1.98. The minimum Gasteiger partial charge on any atom is -0.308 e. The monoisotopic (exact) mass is 208 g/mol. The van der Waals surface area contributed by atoms with Gasteiger partial charge in [-0.05, 0) is 31.8 Å². The Labute approximate surface area is 89.8 Å². The average molecular weight is 208 g/mol. The van der Waals surface area contributed by atoms with Crippen LogP contribution >= 0.6 is 11.8 Å². The summed E-state index contributed by atoms with van der Waals surface area (Å²) >= 11 is 1.77. The van der Waals surface area contributed by atoms with E-state index in [2.05, 4.69) is 30.0 Å². The summed E-state index contributed by atoms with van der Waals surface area (Å²) < 4.78 is 0. The molecule has 1 aromatic rings. The molecule has 0 fully saturated rings. The van der Waals surface area contributed by atoms with Gasteiger partial charge in [0.1, 0.15) is 0 Å². The number of benzene rings is 1. The maximum atomic E-state index is 3.97. The molecule has 0 aromatic heterocycles. The molecule has 0 aliphatic carbocycles. The van der Waals surface area contributed by atoms with Crippen LogP contribution in [0.3, 0.4) is 0 Å². The SMILES string of the molecule is C=Nc1ccccc1SCNCCC. The van der Waals surface area contributed by atoms with E-state index in [9.17, 15) is 0 Å². The standard InChI is InChI=1S/C11H16N2S/c1-3-8-13-9-14-11-7-5-4-6-10(11)12-2/h4-7,13H,2-3,8-9H2,1H3. The molecular formula is C11H16N2S. The van der Waals surface area contributed by atoms with Crippen molar-refractivity contribution in [2.24, 2.45) is 4.99 Å². The molecule has 76 valence electrons. The Morgan fingerprint density at radius 1 is 1.43 bits per heavy atom. The van der Waals surface area contributed by atoms with E-state index in [-0.39, 0.29) is 0 Å². The van der Waals surface area contributed by atoms with Crippen LogP contribution in [0.5, 0.6) is 0 Å². The summed E-state index contributed by atoms with van der Waals surface area (Å²) in [5.74, 6) is 0.931. The largest absolute Gasteiger partial charge is 0.308 e. The van der Waals surface area contributed by atoms with Gasteiger partial charge in [0.2, 0.25) is 0 Å². The Kier molecular flexibility index (Phi) is 5.33. The van der Waals surface area contributed by atoms with Crippen LogP contribution in [0.1, 0.15) is 13.3 Å². The number of hydrogen-bond donors (Lipinski definition) is 1. The molecule has 1 N–H and O–H groups in total. The van der Waals surface area contributed by atoms with E-state index in [1.165, 1.54) is 11.3 Å². The van der Waals surface area contributed by atoms with Gasteiger partial charge in [-0.1, -0.05) is 19.1 Å². The van der Waals surface area contributed by atoms with Gasteiger partial charge >= 0.3 is 0 Å². The van der Waals surface area contributed by atoms with Gasteiger partial charge in [-0.15, -0.1) is 11.8 Å². The lowest BCUT2D eigenvalue weighted by Crippen LogP contribution is -2.12. The summed E-state index contributed by atoms with van der Waals surface area (Å²) in [6.07, 6.45) is 1.17. The zero-order chi connectivity index (χ0) is 10.2. The predicted molar refractivity (Wildman–Crippen MR) is 64.7 cm³/mol. The van der Waals surface area contributed by atoms with E-state index in [4.69, 9.17) is 0 Å². The topological polar surface area (TPSA) is 24.4 Å². The molecule has 0 unspecified atom stereocenters. The minimum atomic E-state index is 0.931. The Morgan fingerprint density at radius 3 is 2.93 bits per heavy atom. The first-order valence-corrected chi connectivity index (χ1v) is 5.76. The maximum Gasteiger partial charge on any atom is 0.0758 e. The van der Waals surface area contributed by atoms with Crippen LogP contribution in [0.15, 0.2) is 34.2 Å². The third-order valence-electron chi connectivity index (χ3n) is 1.79. The molecular weight excluding hydrogens is 192 g/mol. The van der Waals surface area contributed by atoms with Crippen LogP contribution in [-0.4, -0.2) is 19.1 Å². The van der Waals surface area contributed by atoms with Crippen LogP contribution in [0.25, 0.3) is 0 Å². The third kappa shape index (κ3) is 3.52. The van der Waals surface area contributed by atoms with Crippen molar-refractivity contribution in [3.8, 4) is 0 Å². The van der Waals surface area contributed by atoms with Crippen molar-refractivity contribution in [1.82, 2.24) is 5.32 Å². The van der Waals surface area contributed by atoms with E-state index in [0.717, 1.165) is 18.1 Å². The highest BCUT2D eigenvalue weighted by Crippen LogP contribution is 2.27. The zero-order valence-corrected chi connectivity index (χ0v) is 9.31. The minimum absolute atomic E-state index is 0.931. The number of para-hydroxylation sites is 1. The molecule has 0 aliphatic rings. The first-order valence-electron chi connectivity index (χ1n) is 4.77. The lowest BCUT2D eigenvalue weighted by Gasteiger charge is -2.05. The van der Waals surface area contributed by atoms with Crippen LogP contribution in [-0.2, 0) is 0 Å². The summed E-state index contributed by atoms with van der Waals surface area (Å²) in [4.78, 5) is 5.16. The van der Waals surface area contributed by atoms with Gasteiger partial charge in [0.05, 0.1) is 5.69 Å². The third-order valence-corrected chi connectivity index (χ3v) is 2.80. The van der Waals surface area contributed by atoms with E-state index >= 15 is 0 Å². The van der Waals surface area contributed by atoms with Gasteiger partial charge in [0.25, 0.3) is 0 Å². The normalized spacial score (nSPS) is 10.1. The van der Waals surface area contributed by atoms with Crippen molar-refractivity contribution >= 4 is 24.2 Å². The summed E-state index contributed by atoms with van der Waals surface area (Å²) in [5.41, 5.74) is 0.968. The average Bonchev–Trinajstić information content (AvgIpc) is 2.25. The van der Waals surface area contributed by atoms with Crippen molar-refractivity contribution in [3.05, 3.63) is 24.3 Å². The Morgan fingerprint density at radius 2 is 2.21 bits per heavy atom. The first-order chi connectivity index (χ1) is 6.88. The molecule has 0 bridgehead atoms. The maximum absolute atomic E-state index is 3.97. The van der Waals surface area contributed by atoms with E-state index < -0.39 is 0 Å². The van der Waals surface area contributed by atoms with Crippen molar-refractivity contribution < 1.29 is 0 Å². The molecule has 3 heteroatoms. The summed E-state index contributed by atoms with van der Waals surface area (Å²) in [6, 6.07) is 8.06. The molecule has 0 aliphatic heterocycles. The lowest BCUT2D eigenvalue weighted by atomic mass is 10.3. The fraction of sp³-hybridized carbons (Fsp3) is 0.364. The smallest absolute Gasteiger partial charge is 0.0758 e. The van der Waals surface area contributed by atoms with Gasteiger partial charge in [-0.25, -0.2) is 0 Å². The molecule has 0 amide bonds. The van der Waals surface area contributed by atoms with Gasteiger partial charge in [0.15, 0.2) is 0 Å². The molecule has 0 atom stereocenters. The van der Waals surface area contributed by atoms with E-state index in [0.29, 0.717) is 0 Å². The molecule has 0 saturated carbocycles. The van der Waals surface area contributed by atoms with Gasteiger partial charge in [-0.2, -0.15) is 0 Å². The van der Waals surface area contributed by atoms with Crippen molar-refractivity contribution in [1.29, 1.82) is 0 Å². The summed E-state index contributed by atoms with van der Waals surface area (Å²) in [6.45, 7) is 6.78. The van der Waals surface area contributed by atoms with Crippen molar-refractivity contribution in [3.63, 3.8) is 0 Å². The number of rotatable bonds is 6. The first kappa shape index (κ1) is 11.3. The number of nitrogens with zero attached hydrogens (tertiary/aromatic N) is 1. The fourth-order valence-electron chi connectivity index (χ4n) is 1.09. The van der Waals surface area contributed by atoms with Gasteiger partial charge < -0.3 is 5.32 Å². The van der Waals surface area contributed by atoms with E-state index in [1.807, 2.05) is 18.2 Å². The molecule has 1 aromatic carbocycles. The Hall–Kier alpha value is -0.800. The molecule has 14 heavy (non-hydrogen) atoms. The zero-order valence-electron chi connectivity index (χ0n) is 8.49. The van der Waals surface area contributed by atoms with E-state index in [1.54, 1.807) is 11.8 Å². The van der Waals surface area contributed by atoms with Crippen LogP contribution in [0.2, 0.25) is 0 Å². The second kappa shape index (κ2) is 6.62. The number of aliphatic imine (C=N–C) groups is 1. The van der Waals surface area contributed by atoms with Crippen LogP contribution in [0.4, 0.5) is 5.69 Å². The van der Waals surface area contributed by atoms with Crippen LogP contribution < -0.4 is 5.32 Å². The van der Waals surface area contributed by atoms with Gasteiger partial charge in [-0.3, -0.25) is 4.99 Å². The number of nitrogens with one attached hydrogen (secondary N) is 1. The molecule has 0 saturated heterocycles. The quantitative estimate of drug-likeness (QED) is 0.336. The molecule has 0 spiro atoms. The van der Waals surface area contributed by atoms with Crippen molar-refractivity contribution in [2.45, 2.75) is 18.2 Å². The predicted octanol–water partition coefficient (Wildman–Crippen LogP) is 3.07. The molecule has 0 radical (unpaired) electrons. The van der Waals surface area contributed by atoms with Gasteiger partial charge in [0, 0.05) is 10.8 Å².